The van der Waals surface area contributed by atoms with E-state index in [-0.39, 0.29) is 11.9 Å². The summed E-state index contributed by atoms with van der Waals surface area (Å²) < 4.78 is 0. The quantitative estimate of drug-likeness (QED) is 0.672. The monoisotopic (exact) mass is 240 g/mol. The second-order valence-electron chi connectivity index (χ2n) is 5.32. The minimum Gasteiger partial charge on any atom is -0.356 e. The highest BCUT2D eigenvalue weighted by atomic mass is 16.1. The van der Waals surface area contributed by atoms with Crippen molar-refractivity contribution in [3.8, 4) is 0 Å². The number of amides is 1. The van der Waals surface area contributed by atoms with Crippen molar-refractivity contribution >= 4 is 5.91 Å². The smallest absolute Gasteiger partial charge is 0.220 e. The average molecular weight is 240 g/mol. The summed E-state index contributed by atoms with van der Waals surface area (Å²) in [7, 11) is 0. The first-order valence-corrected chi connectivity index (χ1v) is 7.26. The largest absolute Gasteiger partial charge is 0.356 e. The third-order valence-electron chi connectivity index (χ3n) is 3.77. The fourth-order valence-electron chi connectivity index (χ4n) is 2.58. The molecule has 0 heterocycles. The maximum Gasteiger partial charge on any atom is 0.220 e. The predicted octanol–water partition coefficient (Wildman–Crippen LogP) is 2.59. The van der Waals surface area contributed by atoms with E-state index in [0.29, 0.717) is 12.3 Å². The summed E-state index contributed by atoms with van der Waals surface area (Å²) in [5, 5.41) is 3.01. The van der Waals surface area contributed by atoms with Gasteiger partial charge in [0.25, 0.3) is 0 Å². The lowest BCUT2D eigenvalue weighted by Gasteiger charge is -2.27. The molecule has 17 heavy (non-hydrogen) atoms. The van der Waals surface area contributed by atoms with Crippen LogP contribution in [0.1, 0.15) is 64.7 Å². The summed E-state index contributed by atoms with van der Waals surface area (Å²) in [6.45, 7) is 3.03. The fourth-order valence-corrected chi connectivity index (χ4v) is 2.58. The van der Waals surface area contributed by atoms with Crippen molar-refractivity contribution < 1.29 is 4.79 Å². The maximum absolute atomic E-state index is 11.7. The molecule has 2 atom stereocenters. The van der Waals surface area contributed by atoms with Gasteiger partial charge in [-0.3, -0.25) is 4.79 Å². The van der Waals surface area contributed by atoms with Crippen LogP contribution in [-0.4, -0.2) is 18.5 Å². The van der Waals surface area contributed by atoms with Crippen LogP contribution in [0.5, 0.6) is 0 Å². The molecule has 0 aromatic rings. The van der Waals surface area contributed by atoms with Crippen LogP contribution in [0.15, 0.2) is 0 Å². The first kappa shape index (κ1) is 14.5. The predicted molar refractivity (Wildman–Crippen MR) is 71.7 cm³/mol. The van der Waals surface area contributed by atoms with Gasteiger partial charge in [-0.1, -0.05) is 39.0 Å². The zero-order chi connectivity index (χ0) is 12.5. The molecule has 0 saturated heterocycles. The second-order valence-corrected chi connectivity index (χ2v) is 5.32. The minimum absolute atomic E-state index is 0.198. The van der Waals surface area contributed by atoms with E-state index < -0.39 is 0 Å². The molecular weight excluding hydrogens is 212 g/mol. The molecule has 1 fully saturated rings. The molecule has 0 aromatic carbocycles. The van der Waals surface area contributed by atoms with Crippen LogP contribution in [0, 0.1) is 5.92 Å². The van der Waals surface area contributed by atoms with Gasteiger partial charge in [0.1, 0.15) is 0 Å². The average Bonchev–Trinajstić information content (AvgIpc) is 2.32. The highest BCUT2D eigenvalue weighted by Crippen LogP contribution is 2.25. The molecule has 100 valence electrons. The van der Waals surface area contributed by atoms with E-state index in [1.165, 1.54) is 32.1 Å². The number of hydrogen-bond acceptors (Lipinski definition) is 2. The Labute approximate surface area is 106 Å². The Morgan fingerprint density at radius 2 is 2.00 bits per heavy atom. The van der Waals surface area contributed by atoms with Crippen molar-refractivity contribution in [3.05, 3.63) is 0 Å². The summed E-state index contributed by atoms with van der Waals surface area (Å²) in [5.74, 6) is 0.614. The molecule has 3 N–H and O–H groups in total. The second kappa shape index (κ2) is 8.51. The lowest BCUT2D eigenvalue weighted by molar-refractivity contribution is -0.122. The maximum atomic E-state index is 11.7. The normalized spacial score (nSPS) is 24.6. The molecule has 2 unspecified atom stereocenters. The van der Waals surface area contributed by atoms with Crippen molar-refractivity contribution in [2.24, 2.45) is 11.7 Å². The van der Waals surface area contributed by atoms with Gasteiger partial charge < -0.3 is 11.1 Å². The first-order chi connectivity index (χ1) is 8.24. The first-order valence-electron chi connectivity index (χ1n) is 7.26. The Hall–Kier alpha value is -0.570. The van der Waals surface area contributed by atoms with Crippen molar-refractivity contribution in [1.82, 2.24) is 5.32 Å². The molecular formula is C14H28N2O. The van der Waals surface area contributed by atoms with E-state index in [0.717, 1.165) is 25.8 Å². The number of nitrogens with one attached hydrogen (secondary N) is 1. The van der Waals surface area contributed by atoms with Crippen molar-refractivity contribution in [3.63, 3.8) is 0 Å². The van der Waals surface area contributed by atoms with E-state index in [1.54, 1.807) is 0 Å². The molecule has 1 aliphatic rings. The third kappa shape index (κ3) is 6.06. The highest BCUT2D eigenvalue weighted by Gasteiger charge is 2.23. The zero-order valence-electron chi connectivity index (χ0n) is 11.2. The highest BCUT2D eigenvalue weighted by molar-refractivity contribution is 5.76. The number of nitrogens with two attached hydrogens (primary N) is 1. The summed E-state index contributed by atoms with van der Waals surface area (Å²) in [6, 6.07) is 0.245. The Kier molecular flexibility index (Phi) is 7.25. The molecule has 1 rings (SSSR count). The van der Waals surface area contributed by atoms with E-state index in [2.05, 4.69) is 12.2 Å². The van der Waals surface area contributed by atoms with Crippen LogP contribution in [0.25, 0.3) is 0 Å². The number of hydrogen-bond donors (Lipinski definition) is 2. The van der Waals surface area contributed by atoms with Gasteiger partial charge in [0, 0.05) is 19.0 Å². The molecule has 0 radical (unpaired) electrons. The van der Waals surface area contributed by atoms with Crippen molar-refractivity contribution in [1.29, 1.82) is 0 Å². The molecule has 0 aliphatic heterocycles. The zero-order valence-corrected chi connectivity index (χ0v) is 11.2. The summed E-state index contributed by atoms with van der Waals surface area (Å²) in [4.78, 5) is 11.7. The molecule has 0 spiro atoms. The van der Waals surface area contributed by atoms with Gasteiger partial charge in [-0.15, -0.1) is 0 Å². The van der Waals surface area contributed by atoms with Crippen LogP contribution < -0.4 is 11.1 Å². The molecule has 1 amide bonds. The fraction of sp³-hybridized carbons (Fsp3) is 0.929. The summed E-state index contributed by atoms with van der Waals surface area (Å²) in [5.41, 5.74) is 6.04. The number of rotatable bonds is 7. The Morgan fingerprint density at radius 1 is 1.24 bits per heavy atom. The van der Waals surface area contributed by atoms with Gasteiger partial charge >= 0.3 is 0 Å². The van der Waals surface area contributed by atoms with Crippen LogP contribution >= 0.6 is 0 Å². The van der Waals surface area contributed by atoms with Gasteiger partial charge in [0.05, 0.1) is 0 Å². The minimum atomic E-state index is 0.198. The summed E-state index contributed by atoms with van der Waals surface area (Å²) >= 11 is 0. The topological polar surface area (TPSA) is 55.1 Å². The van der Waals surface area contributed by atoms with Crippen LogP contribution in [0.3, 0.4) is 0 Å². The summed E-state index contributed by atoms with van der Waals surface area (Å²) in [6.07, 6.45) is 10.2. The van der Waals surface area contributed by atoms with Gasteiger partial charge in [0.2, 0.25) is 5.91 Å². The van der Waals surface area contributed by atoms with E-state index in [4.69, 9.17) is 5.73 Å². The van der Waals surface area contributed by atoms with Crippen LogP contribution in [0.4, 0.5) is 0 Å². The van der Waals surface area contributed by atoms with Gasteiger partial charge in [-0.05, 0) is 25.2 Å². The number of carbonyl (C=O) groups is 1. The van der Waals surface area contributed by atoms with Crippen LogP contribution in [0.2, 0.25) is 0 Å². The van der Waals surface area contributed by atoms with Gasteiger partial charge in [-0.25, -0.2) is 0 Å². The van der Waals surface area contributed by atoms with Crippen molar-refractivity contribution in [2.45, 2.75) is 70.8 Å². The number of carbonyl (C=O) groups excluding carboxylic acids is 1. The molecule has 1 saturated carbocycles. The van der Waals surface area contributed by atoms with Gasteiger partial charge in [0.15, 0.2) is 0 Å². The van der Waals surface area contributed by atoms with E-state index in [1.807, 2.05) is 0 Å². The lowest BCUT2D eigenvalue weighted by Crippen LogP contribution is -2.37. The Morgan fingerprint density at radius 3 is 2.71 bits per heavy atom. The molecule has 3 heteroatoms. The van der Waals surface area contributed by atoms with Crippen LogP contribution in [-0.2, 0) is 4.79 Å². The Bertz CT molecular complexity index is 218. The lowest BCUT2D eigenvalue weighted by atomic mass is 9.83. The Balaban J connectivity index is 2.07. The van der Waals surface area contributed by atoms with E-state index in [9.17, 15) is 4.79 Å². The molecule has 0 bridgehead atoms. The number of unbranched alkanes of at least 4 members (excludes halogenated alkanes) is 3. The molecule has 1 aliphatic carbocycles. The molecule has 0 aromatic heterocycles. The standard InChI is InChI=1S/C14H28N2O/c1-2-3-4-7-10-16-14(17)11-12-8-5-6-9-13(12)15/h12-13H,2-11,15H2,1H3,(H,16,17). The van der Waals surface area contributed by atoms with Crippen molar-refractivity contribution in [2.75, 3.05) is 6.54 Å². The third-order valence-corrected chi connectivity index (χ3v) is 3.77. The van der Waals surface area contributed by atoms with Gasteiger partial charge in [-0.2, -0.15) is 0 Å². The SMILES string of the molecule is CCCCCCNC(=O)CC1CCCCC1N. The van der Waals surface area contributed by atoms with E-state index >= 15 is 0 Å². The molecule has 3 nitrogen and oxygen atoms in total.